The van der Waals surface area contributed by atoms with Crippen molar-refractivity contribution in [3.63, 3.8) is 0 Å². The molecule has 0 spiro atoms. The summed E-state index contributed by atoms with van der Waals surface area (Å²) in [6, 6.07) is 9.23. The number of carbonyl (C=O) groups is 1. The van der Waals surface area contributed by atoms with Crippen LogP contribution < -0.4 is 10.6 Å². The van der Waals surface area contributed by atoms with E-state index < -0.39 is 0 Å². The molecule has 0 aliphatic carbocycles. The molecule has 5 nitrogen and oxygen atoms in total. The first-order valence-electron chi connectivity index (χ1n) is 6.25. The molecule has 1 heterocycles. The first-order valence-corrected chi connectivity index (χ1v) is 6.25. The second kappa shape index (κ2) is 9.39. The summed E-state index contributed by atoms with van der Waals surface area (Å²) < 4.78 is 1.63. The number of nitrogens with one attached hydrogen (secondary N) is 2. The molecule has 0 aliphatic rings. The quantitative estimate of drug-likeness (QED) is 0.886. The number of rotatable bonds is 5. The normalized spacial score (nSPS) is 11.0. The second-order valence-electron chi connectivity index (χ2n) is 4.34. The Bertz CT molecular complexity index is 546. The number of aromatic nitrogens is 2. The van der Waals surface area contributed by atoms with Gasteiger partial charge in [-0.25, -0.2) is 0 Å². The zero-order valence-electron chi connectivity index (χ0n) is 11.9. The van der Waals surface area contributed by atoms with Gasteiger partial charge in [0.05, 0.1) is 0 Å². The maximum absolute atomic E-state index is 12.2. The monoisotopic (exact) mass is 330 g/mol. The van der Waals surface area contributed by atoms with E-state index >= 15 is 0 Å². The van der Waals surface area contributed by atoms with Crippen molar-refractivity contribution in [1.82, 2.24) is 15.1 Å². The fraction of sp³-hybridized carbons (Fsp3) is 0.286. The average Bonchev–Trinajstić information content (AvgIpc) is 2.94. The van der Waals surface area contributed by atoms with Crippen molar-refractivity contribution in [2.75, 3.05) is 12.4 Å². The number of hydrogen-bond donors (Lipinski definition) is 2. The molecule has 2 aromatic rings. The fourth-order valence-electron chi connectivity index (χ4n) is 1.85. The summed E-state index contributed by atoms with van der Waals surface area (Å²) in [5.74, 6) is -0.0766. The van der Waals surface area contributed by atoms with Gasteiger partial charge in [0, 0.05) is 24.6 Å². The number of halogens is 2. The van der Waals surface area contributed by atoms with E-state index in [0.717, 1.165) is 11.3 Å². The van der Waals surface area contributed by atoms with Crippen molar-refractivity contribution in [3.8, 4) is 0 Å². The molecule has 116 valence electrons. The highest BCUT2D eigenvalue weighted by atomic mass is 35.5. The summed E-state index contributed by atoms with van der Waals surface area (Å²) in [6.07, 6.45) is 3.45. The number of amides is 1. The van der Waals surface area contributed by atoms with Gasteiger partial charge in [-0.1, -0.05) is 18.2 Å². The maximum atomic E-state index is 12.2. The van der Waals surface area contributed by atoms with Crippen LogP contribution in [-0.4, -0.2) is 22.7 Å². The van der Waals surface area contributed by atoms with Crippen LogP contribution in [0.25, 0.3) is 0 Å². The van der Waals surface area contributed by atoms with Gasteiger partial charge in [-0.2, -0.15) is 5.10 Å². The Balaban J connectivity index is 0.00000200. The van der Waals surface area contributed by atoms with Crippen LogP contribution in [-0.2, 0) is 11.3 Å². The van der Waals surface area contributed by atoms with Crippen molar-refractivity contribution < 1.29 is 4.79 Å². The zero-order valence-corrected chi connectivity index (χ0v) is 13.6. The van der Waals surface area contributed by atoms with E-state index in [1.54, 1.807) is 23.1 Å². The molecule has 1 atom stereocenters. The fourth-order valence-corrected chi connectivity index (χ4v) is 1.85. The van der Waals surface area contributed by atoms with E-state index in [0.29, 0.717) is 6.54 Å². The lowest BCUT2D eigenvalue weighted by molar-refractivity contribution is -0.119. The van der Waals surface area contributed by atoms with Gasteiger partial charge in [0.25, 0.3) is 0 Å². The van der Waals surface area contributed by atoms with E-state index in [4.69, 9.17) is 0 Å². The van der Waals surface area contributed by atoms with Gasteiger partial charge in [-0.3, -0.25) is 9.48 Å². The Morgan fingerprint density at radius 2 is 2.00 bits per heavy atom. The molecule has 21 heavy (non-hydrogen) atoms. The molecule has 2 N–H and O–H groups in total. The predicted octanol–water partition coefficient (Wildman–Crippen LogP) is 2.65. The summed E-state index contributed by atoms with van der Waals surface area (Å²) in [4.78, 5) is 12.2. The van der Waals surface area contributed by atoms with Crippen LogP contribution in [0.4, 0.5) is 5.69 Å². The van der Waals surface area contributed by atoms with Crippen LogP contribution in [0.1, 0.15) is 18.5 Å². The Labute approximate surface area is 136 Å². The van der Waals surface area contributed by atoms with E-state index in [1.165, 1.54) is 0 Å². The Kier molecular flexibility index (Phi) is 8.69. The number of nitrogens with zero attached hydrogens (tertiary/aromatic N) is 2. The van der Waals surface area contributed by atoms with Crippen molar-refractivity contribution in [1.29, 1.82) is 0 Å². The highest BCUT2D eigenvalue weighted by Gasteiger charge is 2.15. The van der Waals surface area contributed by atoms with Crippen molar-refractivity contribution in [2.24, 2.45) is 0 Å². The topological polar surface area (TPSA) is 58.9 Å². The lowest BCUT2D eigenvalue weighted by Crippen LogP contribution is -2.24. The molecule has 0 radical (unpaired) electrons. The lowest BCUT2D eigenvalue weighted by atomic mass is 10.1. The van der Waals surface area contributed by atoms with Gasteiger partial charge in [-0.15, -0.1) is 24.8 Å². The summed E-state index contributed by atoms with van der Waals surface area (Å²) in [5, 5.41) is 10.1. The number of benzene rings is 1. The minimum absolute atomic E-state index is 0. The smallest absolute Gasteiger partial charge is 0.248 e. The standard InChI is InChI=1S/C14H18N4O.2ClH/c1-11(18-9-5-8-16-18)14(19)17-13-7-4-3-6-12(13)10-15-2;;/h3-9,11,15H,10H2,1-2H3,(H,17,19);2*1H. The first-order chi connectivity index (χ1) is 9.22. The van der Waals surface area contributed by atoms with Crippen molar-refractivity contribution in [2.45, 2.75) is 19.5 Å². The van der Waals surface area contributed by atoms with Gasteiger partial charge in [0.1, 0.15) is 6.04 Å². The average molecular weight is 331 g/mol. The van der Waals surface area contributed by atoms with E-state index in [1.807, 2.05) is 38.2 Å². The number of carbonyl (C=O) groups excluding carboxylic acids is 1. The van der Waals surface area contributed by atoms with Crippen LogP contribution >= 0.6 is 24.8 Å². The minimum atomic E-state index is -0.336. The highest BCUT2D eigenvalue weighted by molar-refractivity contribution is 5.94. The Morgan fingerprint density at radius 3 is 2.62 bits per heavy atom. The molecule has 1 aromatic carbocycles. The van der Waals surface area contributed by atoms with E-state index in [-0.39, 0.29) is 36.8 Å². The number of hydrogen-bond acceptors (Lipinski definition) is 3. The van der Waals surface area contributed by atoms with Crippen LogP contribution in [0.15, 0.2) is 42.7 Å². The first kappa shape index (κ1) is 19.4. The van der Waals surface area contributed by atoms with Crippen LogP contribution in [0.5, 0.6) is 0 Å². The largest absolute Gasteiger partial charge is 0.324 e. The maximum Gasteiger partial charge on any atom is 0.248 e. The molecule has 7 heteroatoms. The summed E-state index contributed by atoms with van der Waals surface area (Å²) in [7, 11) is 1.88. The molecular formula is C14H20Cl2N4O. The number of anilines is 1. The molecular weight excluding hydrogens is 311 g/mol. The third kappa shape index (κ3) is 5.04. The van der Waals surface area contributed by atoms with Crippen molar-refractivity contribution >= 4 is 36.4 Å². The molecule has 2 rings (SSSR count). The molecule has 0 fully saturated rings. The predicted molar refractivity (Wildman–Crippen MR) is 89.3 cm³/mol. The van der Waals surface area contributed by atoms with Crippen molar-refractivity contribution in [3.05, 3.63) is 48.3 Å². The van der Waals surface area contributed by atoms with Gasteiger partial charge < -0.3 is 10.6 Å². The molecule has 1 aromatic heterocycles. The summed E-state index contributed by atoms with van der Waals surface area (Å²) >= 11 is 0. The second-order valence-corrected chi connectivity index (χ2v) is 4.34. The van der Waals surface area contributed by atoms with E-state index in [9.17, 15) is 4.79 Å². The van der Waals surface area contributed by atoms with Gasteiger partial charge in [-0.05, 0) is 31.7 Å². The van der Waals surface area contributed by atoms with Gasteiger partial charge in [0.15, 0.2) is 0 Å². The number of para-hydroxylation sites is 1. The zero-order chi connectivity index (χ0) is 13.7. The van der Waals surface area contributed by atoms with Crippen LogP contribution in [0.3, 0.4) is 0 Å². The molecule has 0 aliphatic heterocycles. The van der Waals surface area contributed by atoms with Gasteiger partial charge >= 0.3 is 0 Å². The molecule has 0 saturated carbocycles. The van der Waals surface area contributed by atoms with Crippen LogP contribution in [0, 0.1) is 0 Å². The lowest BCUT2D eigenvalue weighted by Gasteiger charge is -2.15. The Hall–Kier alpha value is -1.56. The molecule has 1 amide bonds. The van der Waals surface area contributed by atoms with Crippen LogP contribution in [0.2, 0.25) is 0 Å². The molecule has 0 saturated heterocycles. The SMILES string of the molecule is CNCc1ccccc1NC(=O)C(C)n1cccn1.Cl.Cl. The Morgan fingerprint density at radius 1 is 1.29 bits per heavy atom. The molecule has 0 bridgehead atoms. The van der Waals surface area contributed by atoms with Gasteiger partial charge in [0.2, 0.25) is 5.91 Å². The highest BCUT2D eigenvalue weighted by Crippen LogP contribution is 2.16. The summed E-state index contributed by atoms with van der Waals surface area (Å²) in [6.45, 7) is 2.54. The molecule has 1 unspecified atom stereocenters. The third-order valence-corrected chi connectivity index (χ3v) is 2.94. The summed E-state index contributed by atoms with van der Waals surface area (Å²) in [5.41, 5.74) is 1.90. The minimum Gasteiger partial charge on any atom is -0.324 e. The third-order valence-electron chi connectivity index (χ3n) is 2.94. The van der Waals surface area contributed by atoms with E-state index in [2.05, 4.69) is 15.7 Å².